The predicted molar refractivity (Wildman–Crippen MR) is 93.4 cm³/mol. The van der Waals surface area contributed by atoms with E-state index in [2.05, 4.69) is 5.32 Å². The lowest BCUT2D eigenvalue weighted by molar-refractivity contribution is 0.102. The smallest absolute Gasteiger partial charge is 0.258 e. The molecule has 0 unspecified atom stereocenters. The number of carbonyl (C=O) groups is 1. The molecule has 0 spiro atoms. The Bertz CT molecular complexity index is 909. The number of nitrogens with zero attached hydrogens (tertiary/aromatic N) is 1. The molecule has 2 aromatic carbocycles. The number of sulfonamides is 1. The molecular formula is C18H18F2N2O3S. The molecule has 0 atom stereocenters. The van der Waals surface area contributed by atoms with Gasteiger partial charge in [0, 0.05) is 24.8 Å². The van der Waals surface area contributed by atoms with Crippen LogP contribution in [0.15, 0.2) is 47.4 Å². The summed E-state index contributed by atoms with van der Waals surface area (Å²) in [5.41, 5.74) is 0.0210. The van der Waals surface area contributed by atoms with Gasteiger partial charge in [-0.25, -0.2) is 17.2 Å². The Morgan fingerprint density at radius 2 is 1.62 bits per heavy atom. The Kier molecular flexibility index (Phi) is 5.33. The van der Waals surface area contributed by atoms with Crippen LogP contribution in [0.1, 0.15) is 29.6 Å². The third kappa shape index (κ3) is 3.91. The van der Waals surface area contributed by atoms with Crippen LogP contribution in [0.3, 0.4) is 0 Å². The number of hydrogen-bond acceptors (Lipinski definition) is 3. The van der Waals surface area contributed by atoms with Crippen LogP contribution in [0.2, 0.25) is 0 Å². The van der Waals surface area contributed by atoms with Crippen molar-refractivity contribution < 1.29 is 22.0 Å². The molecule has 1 heterocycles. The average Bonchev–Trinajstić information content (AvgIpc) is 2.63. The minimum Gasteiger partial charge on any atom is -0.322 e. The fourth-order valence-electron chi connectivity index (χ4n) is 2.84. The van der Waals surface area contributed by atoms with Gasteiger partial charge in [-0.2, -0.15) is 4.31 Å². The van der Waals surface area contributed by atoms with E-state index in [-0.39, 0.29) is 10.5 Å². The minimum atomic E-state index is -3.55. The van der Waals surface area contributed by atoms with E-state index >= 15 is 0 Å². The second-order valence-electron chi connectivity index (χ2n) is 6.07. The molecule has 1 amide bonds. The standard InChI is InChI=1S/C18H18F2N2O3S/c19-13-4-9-16(17(20)12-13)18(23)21-14-5-7-15(8-6-14)26(24,25)22-10-2-1-3-11-22/h4-9,12H,1-3,10-11H2,(H,21,23). The Hall–Kier alpha value is -2.32. The highest BCUT2D eigenvalue weighted by Crippen LogP contribution is 2.22. The number of anilines is 1. The third-order valence-electron chi connectivity index (χ3n) is 4.24. The molecule has 0 aliphatic carbocycles. The summed E-state index contributed by atoms with van der Waals surface area (Å²) < 4.78 is 53.2. The summed E-state index contributed by atoms with van der Waals surface area (Å²) in [6.45, 7) is 1.01. The molecular weight excluding hydrogens is 362 g/mol. The number of halogens is 2. The maximum Gasteiger partial charge on any atom is 0.258 e. The highest BCUT2D eigenvalue weighted by atomic mass is 32.2. The lowest BCUT2D eigenvalue weighted by Gasteiger charge is -2.25. The van der Waals surface area contributed by atoms with E-state index in [1.165, 1.54) is 28.6 Å². The maximum absolute atomic E-state index is 13.6. The van der Waals surface area contributed by atoms with E-state index in [1.807, 2.05) is 0 Å². The normalized spacial score (nSPS) is 15.6. The molecule has 2 aromatic rings. The predicted octanol–water partition coefficient (Wildman–Crippen LogP) is 3.39. The van der Waals surface area contributed by atoms with Gasteiger partial charge in [-0.3, -0.25) is 4.79 Å². The first-order valence-electron chi connectivity index (χ1n) is 8.24. The molecule has 0 bridgehead atoms. The lowest BCUT2D eigenvalue weighted by Crippen LogP contribution is -2.35. The van der Waals surface area contributed by atoms with Crippen LogP contribution in [0.5, 0.6) is 0 Å². The van der Waals surface area contributed by atoms with Gasteiger partial charge in [0.15, 0.2) is 0 Å². The van der Waals surface area contributed by atoms with Gasteiger partial charge in [0.25, 0.3) is 5.91 Å². The molecule has 8 heteroatoms. The number of nitrogens with one attached hydrogen (secondary N) is 1. The van der Waals surface area contributed by atoms with Crippen LogP contribution >= 0.6 is 0 Å². The van der Waals surface area contributed by atoms with Crippen molar-refractivity contribution in [3.8, 4) is 0 Å². The molecule has 26 heavy (non-hydrogen) atoms. The Labute approximate surface area is 150 Å². The van der Waals surface area contributed by atoms with Crippen molar-refractivity contribution in [3.05, 3.63) is 59.7 Å². The van der Waals surface area contributed by atoms with Crippen molar-refractivity contribution in [3.63, 3.8) is 0 Å². The monoisotopic (exact) mass is 380 g/mol. The largest absolute Gasteiger partial charge is 0.322 e. The summed E-state index contributed by atoms with van der Waals surface area (Å²) in [6.07, 6.45) is 2.71. The van der Waals surface area contributed by atoms with Gasteiger partial charge in [-0.1, -0.05) is 6.42 Å². The van der Waals surface area contributed by atoms with E-state index in [0.29, 0.717) is 24.8 Å². The summed E-state index contributed by atoms with van der Waals surface area (Å²) in [7, 11) is -3.55. The summed E-state index contributed by atoms with van der Waals surface area (Å²) in [5, 5.41) is 2.47. The summed E-state index contributed by atoms with van der Waals surface area (Å²) in [5.74, 6) is -2.48. The zero-order valence-electron chi connectivity index (χ0n) is 13.9. The molecule has 1 aliphatic heterocycles. The fraction of sp³-hybridized carbons (Fsp3) is 0.278. The number of rotatable bonds is 4. The van der Waals surface area contributed by atoms with Crippen molar-refractivity contribution in [2.45, 2.75) is 24.2 Å². The Morgan fingerprint density at radius 3 is 2.23 bits per heavy atom. The molecule has 1 N–H and O–H groups in total. The molecule has 0 aromatic heterocycles. The van der Waals surface area contributed by atoms with Crippen LogP contribution in [0.25, 0.3) is 0 Å². The van der Waals surface area contributed by atoms with Crippen molar-refractivity contribution in [2.24, 2.45) is 0 Å². The summed E-state index contributed by atoms with van der Waals surface area (Å²) in [4.78, 5) is 12.2. The molecule has 0 radical (unpaired) electrons. The zero-order valence-corrected chi connectivity index (χ0v) is 14.7. The van der Waals surface area contributed by atoms with Gasteiger partial charge in [-0.15, -0.1) is 0 Å². The van der Waals surface area contributed by atoms with Gasteiger partial charge in [-0.05, 0) is 49.2 Å². The topological polar surface area (TPSA) is 66.5 Å². The van der Waals surface area contributed by atoms with Gasteiger partial charge < -0.3 is 5.32 Å². The van der Waals surface area contributed by atoms with Crippen LogP contribution in [0, 0.1) is 11.6 Å². The van der Waals surface area contributed by atoms with E-state index < -0.39 is 27.6 Å². The summed E-state index contributed by atoms with van der Waals surface area (Å²) in [6, 6.07) is 8.36. The number of amides is 1. The first-order chi connectivity index (χ1) is 12.4. The number of carbonyl (C=O) groups excluding carboxylic acids is 1. The van der Waals surface area contributed by atoms with Crippen molar-refractivity contribution in [1.82, 2.24) is 4.31 Å². The lowest BCUT2D eigenvalue weighted by atomic mass is 10.2. The molecule has 1 saturated heterocycles. The molecule has 0 saturated carbocycles. The van der Waals surface area contributed by atoms with Crippen LogP contribution in [0.4, 0.5) is 14.5 Å². The average molecular weight is 380 g/mol. The van der Waals surface area contributed by atoms with Crippen molar-refractivity contribution in [1.29, 1.82) is 0 Å². The van der Waals surface area contributed by atoms with Crippen molar-refractivity contribution in [2.75, 3.05) is 18.4 Å². The van der Waals surface area contributed by atoms with E-state index in [1.54, 1.807) is 0 Å². The zero-order chi connectivity index (χ0) is 18.7. The van der Waals surface area contributed by atoms with Gasteiger partial charge in [0.2, 0.25) is 10.0 Å². The highest BCUT2D eigenvalue weighted by Gasteiger charge is 2.25. The van der Waals surface area contributed by atoms with Crippen LogP contribution in [-0.4, -0.2) is 31.7 Å². The molecule has 1 aliphatic rings. The second kappa shape index (κ2) is 7.51. The molecule has 138 valence electrons. The Balaban J connectivity index is 1.74. The van der Waals surface area contributed by atoms with Gasteiger partial charge in [0.05, 0.1) is 10.5 Å². The number of piperidine rings is 1. The van der Waals surface area contributed by atoms with Crippen molar-refractivity contribution >= 4 is 21.6 Å². The second-order valence-corrected chi connectivity index (χ2v) is 8.01. The Morgan fingerprint density at radius 1 is 0.962 bits per heavy atom. The molecule has 1 fully saturated rings. The van der Waals surface area contributed by atoms with Crippen LogP contribution < -0.4 is 5.32 Å². The first-order valence-corrected chi connectivity index (χ1v) is 9.68. The SMILES string of the molecule is O=C(Nc1ccc(S(=O)(=O)N2CCCCC2)cc1)c1ccc(F)cc1F. The fourth-order valence-corrected chi connectivity index (χ4v) is 4.35. The first kappa shape index (κ1) is 18.5. The number of benzene rings is 2. The van der Waals surface area contributed by atoms with E-state index in [9.17, 15) is 22.0 Å². The quantitative estimate of drug-likeness (QED) is 0.884. The minimum absolute atomic E-state index is 0.144. The van der Waals surface area contributed by atoms with Gasteiger partial charge >= 0.3 is 0 Å². The van der Waals surface area contributed by atoms with Crippen LogP contribution in [-0.2, 0) is 10.0 Å². The maximum atomic E-state index is 13.6. The third-order valence-corrected chi connectivity index (χ3v) is 6.15. The van der Waals surface area contributed by atoms with E-state index in [0.717, 1.165) is 31.4 Å². The van der Waals surface area contributed by atoms with E-state index in [4.69, 9.17) is 0 Å². The summed E-state index contributed by atoms with van der Waals surface area (Å²) >= 11 is 0. The number of hydrogen-bond donors (Lipinski definition) is 1. The molecule has 5 nitrogen and oxygen atoms in total. The van der Waals surface area contributed by atoms with Gasteiger partial charge in [0.1, 0.15) is 11.6 Å². The molecule has 3 rings (SSSR count). The highest BCUT2D eigenvalue weighted by molar-refractivity contribution is 7.89.